The lowest BCUT2D eigenvalue weighted by atomic mass is 10.2. The Morgan fingerprint density at radius 1 is 1.53 bits per heavy atom. The highest BCUT2D eigenvalue weighted by Gasteiger charge is 2.13. The van der Waals surface area contributed by atoms with Gasteiger partial charge in [-0.05, 0) is 35.4 Å². The maximum Gasteiger partial charge on any atom is 0.371 e. The van der Waals surface area contributed by atoms with E-state index in [9.17, 15) is 4.79 Å². The number of furan rings is 1. The third-order valence-electron chi connectivity index (χ3n) is 1.92. The van der Waals surface area contributed by atoms with Gasteiger partial charge in [0.25, 0.3) is 0 Å². The summed E-state index contributed by atoms with van der Waals surface area (Å²) in [5, 5.41) is 9.22. The van der Waals surface area contributed by atoms with Gasteiger partial charge in [0, 0.05) is 5.92 Å². The molecule has 5 nitrogen and oxygen atoms in total. The lowest BCUT2D eigenvalue weighted by molar-refractivity contribution is 0.0656. The Hall–Kier alpha value is -1.34. The van der Waals surface area contributed by atoms with E-state index in [-0.39, 0.29) is 11.7 Å². The molecule has 0 fully saturated rings. The van der Waals surface area contributed by atoms with E-state index in [0.29, 0.717) is 5.09 Å². The number of nitrogens with zero attached hydrogens (tertiary/aromatic N) is 2. The molecule has 0 saturated carbocycles. The zero-order valence-electron chi connectivity index (χ0n) is 9.21. The molecule has 2 aromatic rings. The maximum absolute atomic E-state index is 10.6. The summed E-state index contributed by atoms with van der Waals surface area (Å²) in [5.41, 5.74) is 0. The summed E-state index contributed by atoms with van der Waals surface area (Å²) in [6.07, 6.45) is 0. The normalized spacial score (nSPS) is 11.0. The summed E-state index contributed by atoms with van der Waals surface area (Å²) in [7, 11) is 0. The van der Waals surface area contributed by atoms with Crippen molar-refractivity contribution in [2.24, 2.45) is 0 Å². The van der Waals surface area contributed by atoms with Gasteiger partial charge in [-0.2, -0.15) is 4.37 Å². The van der Waals surface area contributed by atoms with E-state index in [0.717, 1.165) is 10.2 Å². The maximum atomic E-state index is 10.6. The molecule has 0 spiro atoms. The molecule has 0 aliphatic heterocycles. The van der Waals surface area contributed by atoms with Crippen LogP contribution < -0.4 is 0 Å². The van der Waals surface area contributed by atoms with Gasteiger partial charge in [0.15, 0.2) is 9.43 Å². The van der Waals surface area contributed by atoms with E-state index < -0.39 is 5.97 Å². The Kier molecular flexibility index (Phi) is 3.49. The van der Waals surface area contributed by atoms with Gasteiger partial charge >= 0.3 is 5.97 Å². The summed E-state index contributed by atoms with van der Waals surface area (Å²) in [4.78, 5) is 15.0. The molecule has 0 aromatic carbocycles. The number of rotatable bonds is 4. The Bertz CT molecular complexity index is 533. The second-order valence-corrected chi connectivity index (χ2v) is 5.60. The largest absolute Gasteiger partial charge is 0.475 e. The van der Waals surface area contributed by atoms with Gasteiger partial charge in [-0.3, -0.25) is 0 Å². The van der Waals surface area contributed by atoms with Crippen LogP contribution in [-0.4, -0.2) is 20.4 Å². The highest BCUT2D eigenvalue weighted by Crippen LogP contribution is 2.31. The zero-order valence-corrected chi connectivity index (χ0v) is 10.8. The minimum Gasteiger partial charge on any atom is -0.475 e. The highest BCUT2D eigenvalue weighted by molar-refractivity contribution is 8.00. The van der Waals surface area contributed by atoms with Crippen molar-refractivity contribution in [2.45, 2.75) is 29.2 Å². The lowest BCUT2D eigenvalue weighted by Crippen LogP contribution is -1.91. The molecule has 0 atom stereocenters. The molecule has 0 aliphatic carbocycles. The molecular formula is C10H10N2O3S2. The first kappa shape index (κ1) is 12.1. The fourth-order valence-corrected chi connectivity index (χ4v) is 2.72. The fourth-order valence-electron chi connectivity index (χ4n) is 1.07. The smallest absolute Gasteiger partial charge is 0.371 e. The van der Waals surface area contributed by atoms with Crippen molar-refractivity contribution in [3.8, 4) is 0 Å². The van der Waals surface area contributed by atoms with E-state index in [2.05, 4.69) is 9.36 Å². The highest BCUT2D eigenvalue weighted by atomic mass is 32.2. The van der Waals surface area contributed by atoms with E-state index in [1.165, 1.54) is 29.4 Å². The van der Waals surface area contributed by atoms with Crippen LogP contribution in [0.4, 0.5) is 0 Å². The van der Waals surface area contributed by atoms with E-state index in [4.69, 9.17) is 9.52 Å². The molecule has 2 aromatic heterocycles. The SMILES string of the molecule is CC(C)c1nsc(Sc2ccc(C(=O)O)o2)n1. The summed E-state index contributed by atoms with van der Waals surface area (Å²) in [6, 6.07) is 3.04. The Morgan fingerprint density at radius 2 is 2.29 bits per heavy atom. The van der Waals surface area contributed by atoms with Crippen LogP contribution in [0.3, 0.4) is 0 Å². The Labute approximate surface area is 106 Å². The van der Waals surface area contributed by atoms with Crippen LogP contribution in [0.1, 0.15) is 36.1 Å². The third kappa shape index (κ3) is 2.86. The van der Waals surface area contributed by atoms with Gasteiger partial charge in [0.1, 0.15) is 5.82 Å². The van der Waals surface area contributed by atoms with Crippen molar-refractivity contribution in [1.29, 1.82) is 0 Å². The number of aromatic nitrogens is 2. The van der Waals surface area contributed by atoms with Crippen molar-refractivity contribution in [3.63, 3.8) is 0 Å². The first-order chi connectivity index (χ1) is 8.06. The first-order valence-corrected chi connectivity index (χ1v) is 6.50. The molecule has 1 N–H and O–H groups in total. The van der Waals surface area contributed by atoms with Crippen molar-refractivity contribution < 1.29 is 14.3 Å². The van der Waals surface area contributed by atoms with Crippen LogP contribution in [-0.2, 0) is 0 Å². The molecule has 7 heteroatoms. The number of hydrogen-bond donors (Lipinski definition) is 1. The molecule has 0 bridgehead atoms. The van der Waals surface area contributed by atoms with Gasteiger partial charge in [-0.25, -0.2) is 9.78 Å². The van der Waals surface area contributed by atoms with Crippen molar-refractivity contribution >= 4 is 29.3 Å². The van der Waals surface area contributed by atoms with E-state index in [1.54, 1.807) is 6.07 Å². The van der Waals surface area contributed by atoms with Crippen LogP contribution in [0.5, 0.6) is 0 Å². The first-order valence-electron chi connectivity index (χ1n) is 4.91. The molecule has 0 radical (unpaired) electrons. The summed E-state index contributed by atoms with van der Waals surface area (Å²) >= 11 is 2.56. The minimum atomic E-state index is -1.07. The van der Waals surface area contributed by atoms with Crippen LogP contribution in [0.2, 0.25) is 0 Å². The molecule has 0 unspecified atom stereocenters. The number of carboxylic acid groups (broad SMARTS) is 1. The molecule has 2 rings (SSSR count). The third-order valence-corrected chi connectivity index (χ3v) is 3.61. The monoisotopic (exact) mass is 270 g/mol. The average Bonchev–Trinajstić information content (AvgIpc) is 2.87. The van der Waals surface area contributed by atoms with E-state index >= 15 is 0 Å². The molecule has 2 heterocycles. The second kappa shape index (κ2) is 4.89. The van der Waals surface area contributed by atoms with Gasteiger partial charge in [0.05, 0.1) is 0 Å². The fraction of sp³-hybridized carbons (Fsp3) is 0.300. The summed E-state index contributed by atoms with van der Waals surface area (Å²) in [5.74, 6) is -0.0626. The van der Waals surface area contributed by atoms with Gasteiger partial charge in [-0.15, -0.1) is 0 Å². The summed E-state index contributed by atoms with van der Waals surface area (Å²) in [6.45, 7) is 4.04. The Morgan fingerprint density at radius 3 is 2.82 bits per heavy atom. The van der Waals surface area contributed by atoms with Crippen LogP contribution in [0.25, 0.3) is 0 Å². The molecule has 0 saturated heterocycles. The second-order valence-electron chi connectivity index (χ2n) is 3.60. The number of hydrogen-bond acceptors (Lipinski definition) is 6. The number of carboxylic acids is 1. The molecule has 90 valence electrons. The quantitative estimate of drug-likeness (QED) is 0.920. The standard InChI is InChI=1S/C10H10N2O3S2/c1-5(2)8-11-10(17-12-8)16-7-4-3-6(15-7)9(13)14/h3-5H,1-2H3,(H,13,14). The average molecular weight is 270 g/mol. The van der Waals surface area contributed by atoms with Crippen LogP contribution >= 0.6 is 23.3 Å². The molecule has 17 heavy (non-hydrogen) atoms. The summed E-state index contributed by atoms with van der Waals surface area (Å²) < 4.78 is 10.1. The van der Waals surface area contributed by atoms with Gasteiger partial charge < -0.3 is 9.52 Å². The van der Waals surface area contributed by atoms with Crippen LogP contribution in [0.15, 0.2) is 26.0 Å². The predicted octanol–water partition coefficient (Wildman–Crippen LogP) is 3.10. The van der Waals surface area contributed by atoms with E-state index in [1.807, 2.05) is 13.8 Å². The minimum absolute atomic E-state index is 0.0684. The topological polar surface area (TPSA) is 76.2 Å². The number of carbonyl (C=O) groups is 1. The van der Waals surface area contributed by atoms with Crippen molar-refractivity contribution in [3.05, 3.63) is 23.7 Å². The van der Waals surface area contributed by atoms with Gasteiger partial charge in [0.2, 0.25) is 5.76 Å². The number of aromatic carboxylic acids is 1. The Balaban J connectivity index is 2.11. The van der Waals surface area contributed by atoms with Crippen molar-refractivity contribution in [1.82, 2.24) is 9.36 Å². The van der Waals surface area contributed by atoms with Gasteiger partial charge in [-0.1, -0.05) is 13.8 Å². The van der Waals surface area contributed by atoms with Crippen LogP contribution in [0, 0.1) is 0 Å². The molecule has 0 amide bonds. The molecular weight excluding hydrogens is 260 g/mol. The zero-order chi connectivity index (χ0) is 12.4. The molecule has 0 aliphatic rings. The predicted molar refractivity (Wildman–Crippen MR) is 63.8 cm³/mol. The van der Waals surface area contributed by atoms with Crippen molar-refractivity contribution in [2.75, 3.05) is 0 Å². The lowest BCUT2D eigenvalue weighted by Gasteiger charge is -1.94.